The van der Waals surface area contributed by atoms with Crippen LogP contribution in [0.1, 0.15) is 24.8 Å². The van der Waals surface area contributed by atoms with E-state index in [1.54, 1.807) is 0 Å². The molecule has 2 N–H and O–H groups in total. The summed E-state index contributed by atoms with van der Waals surface area (Å²) >= 11 is 0. The summed E-state index contributed by atoms with van der Waals surface area (Å²) in [5, 5.41) is 6.21. The molecule has 0 saturated carbocycles. The Morgan fingerprint density at radius 1 is 1.41 bits per heavy atom. The molecule has 1 aromatic rings. The molecular weight excluding hydrogens is 229 g/mol. The van der Waals surface area contributed by atoms with Gasteiger partial charge in [0, 0.05) is 18.2 Å². The first-order chi connectivity index (χ1) is 8.16. The lowest BCUT2D eigenvalue weighted by Gasteiger charge is -2.13. The summed E-state index contributed by atoms with van der Waals surface area (Å²) in [4.78, 5) is 0. The van der Waals surface area contributed by atoms with Crippen LogP contribution in [-0.2, 0) is 0 Å². The molecule has 1 unspecified atom stereocenters. The highest BCUT2D eigenvalue weighted by Gasteiger charge is 2.15. The van der Waals surface area contributed by atoms with E-state index < -0.39 is 12.2 Å². The molecule has 1 heterocycles. The molecule has 17 heavy (non-hydrogen) atoms. The minimum absolute atomic E-state index is 0.281. The predicted molar refractivity (Wildman–Crippen MR) is 60.9 cm³/mol. The van der Waals surface area contributed by atoms with Crippen molar-refractivity contribution in [3.05, 3.63) is 29.6 Å². The van der Waals surface area contributed by atoms with Crippen LogP contribution in [0.3, 0.4) is 0 Å². The normalized spacial score (nSPS) is 19.9. The van der Waals surface area contributed by atoms with Gasteiger partial charge in [-0.1, -0.05) is 6.07 Å². The van der Waals surface area contributed by atoms with Gasteiger partial charge in [-0.2, -0.15) is 0 Å². The van der Waals surface area contributed by atoms with Gasteiger partial charge in [-0.05, 0) is 31.5 Å². The number of anilines is 1. The maximum atomic E-state index is 13.5. The fraction of sp³-hybridized carbons (Fsp3) is 0.500. The SMILES string of the molecule is Fc1cc(C(F)F)ccc1NCC1CCCN1. The lowest BCUT2D eigenvalue weighted by Crippen LogP contribution is -2.29. The van der Waals surface area contributed by atoms with Gasteiger partial charge in [-0.15, -0.1) is 0 Å². The molecule has 5 heteroatoms. The van der Waals surface area contributed by atoms with E-state index in [1.165, 1.54) is 12.1 Å². The van der Waals surface area contributed by atoms with Crippen molar-refractivity contribution in [1.82, 2.24) is 5.32 Å². The van der Waals surface area contributed by atoms with Crippen LogP contribution in [0.2, 0.25) is 0 Å². The van der Waals surface area contributed by atoms with Crippen molar-refractivity contribution in [3.8, 4) is 0 Å². The highest BCUT2D eigenvalue weighted by atomic mass is 19.3. The number of alkyl halides is 2. The number of nitrogens with one attached hydrogen (secondary N) is 2. The van der Waals surface area contributed by atoms with Gasteiger partial charge >= 0.3 is 0 Å². The molecule has 2 rings (SSSR count). The molecule has 0 radical (unpaired) electrons. The van der Waals surface area contributed by atoms with Gasteiger partial charge in [0.25, 0.3) is 6.43 Å². The Bertz CT molecular complexity index is 376. The van der Waals surface area contributed by atoms with Crippen LogP contribution in [0.5, 0.6) is 0 Å². The van der Waals surface area contributed by atoms with E-state index in [0.29, 0.717) is 12.6 Å². The average molecular weight is 244 g/mol. The van der Waals surface area contributed by atoms with Crippen LogP contribution >= 0.6 is 0 Å². The van der Waals surface area contributed by atoms with E-state index in [4.69, 9.17) is 0 Å². The molecule has 94 valence electrons. The quantitative estimate of drug-likeness (QED) is 0.851. The summed E-state index contributed by atoms with van der Waals surface area (Å²) in [5.74, 6) is -0.624. The third-order valence-electron chi connectivity index (χ3n) is 2.95. The van der Waals surface area contributed by atoms with Gasteiger partial charge in [-0.25, -0.2) is 13.2 Å². The zero-order valence-corrected chi connectivity index (χ0v) is 9.35. The predicted octanol–water partition coefficient (Wildman–Crippen LogP) is 2.93. The summed E-state index contributed by atoms with van der Waals surface area (Å²) in [6.45, 7) is 1.60. The minimum atomic E-state index is -2.63. The van der Waals surface area contributed by atoms with Gasteiger partial charge in [0.05, 0.1) is 5.69 Å². The molecule has 0 aliphatic carbocycles. The highest BCUT2D eigenvalue weighted by molar-refractivity contribution is 5.46. The maximum absolute atomic E-state index is 13.5. The Kier molecular flexibility index (Phi) is 3.89. The lowest BCUT2D eigenvalue weighted by molar-refractivity contribution is 0.151. The Balaban J connectivity index is 1.96. The van der Waals surface area contributed by atoms with Crippen molar-refractivity contribution in [2.24, 2.45) is 0 Å². The molecule has 1 fully saturated rings. The van der Waals surface area contributed by atoms with Gasteiger partial charge in [0.2, 0.25) is 0 Å². The zero-order valence-electron chi connectivity index (χ0n) is 9.35. The molecule has 0 spiro atoms. The van der Waals surface area contributed by atoms with E-state index in [9.17, 15) is 13.2 Å². The van der Waals surface area contributed by atoms with E-state index in [1.807, 2.05) is 0 Å². The molecule has 0 bridgehead atoms. The summed E-state index contributed by atoms with van der Waals surface area (Å²) in [6, 6.07) is 3.84. The van der Waals surface area contributed by atoms with Crippen molar-refractivity contribution in [2.75, 3.05) is 18.4 Å². The molecule has 1 aromatic carbocycles. The van der Waals surface area contributed by atoms with E-state index >= 15 is 0 Å². The monoisotopic (exact) mass is 244 g/mol. The number of hydrogen-bond donors (Lipinski definition) is 2. The number of hydrogen-bond acceptors (Lipinski definition) is 2. The smallest absolute Gasteiger partial charge is 0.263 e. The third kappa shape index (κ3) is 3.12. The van der Waals surface area contributed by atoms with E-state index in [-0.39, 0.29) is 11.3 Å². The summed E-state index contributed by atoms with van der Waals surface area (Å²) in [5.41, 5.74) is -0.00450. The summed E-state index contributed by atoms with van der Waals surface area (Å²) in [6.07, 6.45) is -0.446. The first-order valence-electron chi connectivity index (χ1n) is 5.71. The molecule has 0 aromatic heterocycles. The zero-order chi connectivity index (χ0) is 12.3. The topological polar surface area (TPSA) is 24.1 Å². The molecular formula is C12H15F3N2. The van der Waals surface area contributed by atoms with Crippen LogP contribution < -0.4 is 10.6 Å². The van der Waals surface area contributed by atoms with Crippen molar-refractivity contribution in [3.63, 3.8) is 0 Å². The van der Waals surface area contributed by atoms with Crippen molar-refractivity contribution in [1.29, 1.82) is 0 Å². The second-order valence-electron chi connectivity index (χ2n) is 4.21. The van der Waals surface area contributed by atoms with Gasteiger partial charge in [0.1, 0.15) is 5.82 Å². The largest absolute Gasteiger partial charge is 0.381 e. The summed E-state index contributed by atoms with van der Waals surface area (Å²) < 4.78 is 38.1. The Morgan fingerprint density at radius 3 is 2.82 bits per heavy atom. The Labute approximate surface area is 98.2 Å². The maximum Gasteiger partial charge on any atom is 0.263 e. The lowest BCUT2D eigenvalue weighted by atomic mass is 10.2. The van der Waals surface area contributed by atoms with Crippen molar-refractivity contribution in [2.45, 2.75) is 25.3 Å². The van der Waals surface area contributed by atoms with Gasteiger partial charge in [-0.3, -0.25) is 0 Å². The van der Waals surface area contributed by atoms with Crippen molar-refractivity contribution < 1.29 is 13.2 Å². The second-order valence-corrected chi connectivity index (χ2v) is 4.21. The summed E-state index contributed by atoms with van der Waals surface area (Å²) in [7, 11) is 0. The fourth-order valence-electron chi connectivity index (χ4n) is 1.97. The van der Waals surface area contributed by atoms with E-state index in [0.717, 1.165) is 25.5 Å². The van der Waals surface area contributed by atoms with Gasteiger partial charge < -0.3 is 10.6 Å². The molecule has 0 amide bonds. The second kappa shape index (κ2) is 5.40. The number of halogens is 3. The van der Waals surface area contributed by atoms with E-state index in [2.05, 4.69) is 10.6 Å². The molecule has 2 nitrogen and oxygen atoms in total. The Hall–Kier alpha value is -1.23. The Morgan fingerprint density at radius 2 is 2.24 bits per heavy atom. The fourth-order valence-corrected chi connectivity index (χ4v) is 1.97. The van der Waals surface area contributed by atoms with Crippen LogP contribution in [0, 0.1) is 5.82 Å². The number of rotatable bonds is 4. The molecule has 1 aliphatic heterocycles. The third-order valence-corrected chi connectivity index (χ3v) is 2.95. The first kappa shape index (κ1) is 12.2. The minimum Gasteiger partial charge on any atom is -0.381 e. The van der Waals surface area contributed by atoms with Crippen LogP contribution in [0.25, 0.3) is 0 Å². The van der Waals surface area contributed by atoms with Crippen LogP contribution in [0.15, 0.2) is 18.2 Å². The number of benzene rings is 1. The van der Waals surface area contributed by atoms with Crippen molar-refractivity contribution >= 4 is 5.69 Å². The van der Waals surface area contributed by atoms with Gasteiger partial charge in [0.15, 0.2) is 0 Å². The van der Waals surface area contributed by atoms with Crippen LogP contribution in [0.4, 0.5) is 18.9 Å². The standard InChI is InChI=1S/C12H15F3N2/c13-10-6-8(12(14)15)3-4-11(10)17-7-9-2-1-5-16-9/h3-4,6,9,12,16-17H,1-2,5,7H2. The first-order valence-corrected chi connectivity index (χ1v) is 5.71. The molecule has 1 atom stereocenters. The molecule has 1 aliphatic rings. The average Bonchev–Trinajstić information content (AvgIpc) is 2.80. The van der Waals surface area contributed by atoms with Crippen LogP contribution in [-0.4, -0.2) is 19.1 Å². The molecule has 1 saturated heterocycles. The highest BCUT2D eigenvalue weighted by Crippen LogP contribution is 2.23.